The van der Waals surface area contributed by atoms with Crippen LogP contribution in [0, 0.1) is 6.92 Å². The Morgan fingerprint density at radius 2 is 2.17 bits per heavy atom. The molecule has 1 N–H and O–H groups in total. The molecule has 0 aliphatic heterocycles. The van der Waals surface area contributed by atoms with Crippen molar-refractivity contribution in [2.24, 2.45) is 7.05 Å². The van der Waals surface area contributed by atoms with E-state index in [1.807, 2.05) is 0 Å². The summed E-state index contributed by atoms with van der Waals surface area (Å²) >= 11 is 0. The van der Waals surface area contributed by atoms with E-state index in [0.717, 1.165) is 0 Å². The number of furan rings is 1. The van der Waals surface area contributed by atoms with Gasteiger partial charge in [-0.1, -0.05) is 0 Å². The first-order chi connectivity index (χ1) is 10.9. The molecule has 0 radical (unpaired) electrons. The fourth-order valence-corrected chi connectivity index (χ4v) is 3.68. The molecule has 0 aliphatic rings. The van der Waals surface area contributed by atoms with Gasteiger partial charge in [-0.15, -0.1) is 0 Å². The summed E-state index contributed by atoms with van der Waals surface area (Å²) in [5.74, 6) is 0.708. The summed E-state index contributed by atoms with van der Waals surface area (Å²) in [5, 5.41) is 9.03. The minimum atomic E-state index is -3.72. The van der Waals surface area contributed by atoms with Crippen LogP contribution in [-0.2, 0) is 29.2 Å². The smallest absolute Gasteiger partial charge is 0.263 e. The van der Waals surface area contributed by atoms with Gasteiger partial charge in [0, 0.05) is 7.05 Å². The predicted molar refractivity (Wildman–Crippen MR) is 79.0 cm³/mol. The number of imidazole rings is 1. The number of oxazole rings is 1. The fourth-order valence-electron chi connectivity index (χ4n) is 2.17. The highest BCUT2D eigenvalue weighted by Gasteiger charge is 2.26. The Morgan fingerprint density at radius 3 is 2.78 bits per heavy atom. The first kappa shape index (κ1) is 15.5. The fraction of sp³-hybridized carbons (Fsp3) is 0.286. The van der Waals surface area contributed by atoms with Gasteiger partial charge in [0.1, 0.15) is 11.5 Å². The molecule has 3 heterocycles. The summed E-state index contributed by atoms with van der Waals surface area (Å²) in [6.07, 6.45) is 2.81. The number of sulfone groups is 1. The zero-order valence-electron chi connectivity index (χ0n) is 12.6. The van der Waals surface area contributed by atoms with Crippen molar-refractivity contribution in [3.8, 4) is 11.7 Å². The average Bonchev–Trinajstić information content (AvgIpc) is 3.19. The molecule has 3 rings (SSSR count). The van der Waals surface area contributed by atoms with Crippen molar-refractivity contribution in [2.75, 3.05) is 0 Å². The molecule has 0 saturated heterocycles. The van der Waals surface area contributed by atoms with E-state index in [1.165, 1.54) is 24.1 Å². The number of aryl methyl sites for hydroxylation is 1. The Balaban J connectivity index is 1.93. The number of rotatable bonds is 5. The van der Waals surface area contributed by atoms with Crippen LogP contribution >= 0.6 is 0 Å². The standard InChI is InChI=1S/C14H15N3O5S/c1-9-11(16-13(22-9)12-4-3-5-21-12)8-23(19,20)14-15-6-10(7-18)17(14)2/h3-6,18H,7-8H2,1-2H3. The second-order valence-electron chi connectivity index (χ2n) is 5.01. The molecule has 0 aliphatic carbocycles. The van der Waals surface area contributed by atoms with E-state index < -0.39 is 9.84 Å². The third kappa shape index (κ3) is 2.80. The minimum Gasteiger partial charge on any atom is -0.459 e. The van der Waals surface area contributed by atoms with E-state index in [-0.39, 0.29) is 23.4 Å². The van der Waals surface area contributed by atoms with Crippen LogP contribution in [0.25, 0.3) is 11.7 Å². The van der Waals surface area contributed by atoms with Crippen LogP contribution in [0.2, 0.25) is 0 Å². The average molecular weight is 337 g/mol. The third-order valence-electron chi connectivity index (χ3n) is 3.43. The number of nitrogens with zero attached hydrogens (tertiary/aromatic N) is 3. The zero-order chi connectivity index (χ0) is 16.6. The highest BCUT2D eigenvalue weighted by molar-refractivity contribution is 7.90. The Labute approximate surface area is 132 Å². The van der Waals surface area contributed by atoms with Crippen LogP contribution < -0.4 is 0 Å². The molecule has 0 bridgehead atoms. The summed E-state index contributed by atoms with van der Waals surface area (Å²) in [5.41, 5.74) is 0.710. The van der Waals surface area contributed by atoms with Gasteiger partial charge in [-0.2, -0.15) is 0 Å². The largest absolute Gasteiger partial charge is 0.459 e. The van der Waals surface area contributed by atoms with Gasteiger partial charge in [-0.25, -0.2) is 18.4 Å². The first-order valence-corrected chi connectivity index (χ1v) is 8.42. The van der Waals surface area contributed by atoms with E-state index in [1.54, 1.807) is 19.1 Å². The summed E-state index contributed by atoms with van der Waals surface area (Å²) in [7, 11) is -2.19. The molecule has 0 saturated carbocycles. The third-order valence-corrected chi connectivity index (χ3v) is 5.02. The quantitative estimate of drug-likeness (QED) is 0.750. The van der Waals surface area contributed by atoms with Gasteiger partial charge in [-0.3, -0.25) is 0 Å². The van der Waals surface area contributed by atoms with Crippen LogP contribution in [0.15, 0.2) is 38.6 Å². The summed E-state index contributed by atoms with van der Waals surface area (Å²) in [6.45, 7) is 1.35. The Kier molecular flexibility index (Phi) is 3.82. The molecular weight excluding hydrogens is 322 g/mol. The van der Waals surface area contributed by atoms with Crippen LogP contribution in [-0.4, -0.2) is 28.1 Å². The van der Waals surface area contributed by atoms with Gasteiger partial charge in [0.15, 0.2) is 5.76 Å². The summed E-state index contributed by atoms with van der Waals surface area (Å²) in [6, 6.07) is 3.37. The van der Waals surface area contributed by atoms with Crippen LogP contribution in [0.3, 0.4) is 0 Å². The van der Waals surface area contributed by atoms with Gasteiger partial charge in [0.2, 0.25) is 15.0 Å². The Hall–Kier alpha value is -2.39. The topological polar surface area (TPSA) is 111 Å². The van der Waals surface area contributed by atoms with Crippen LogP contribution in [0.1, 0.15) is 17.1 Å². The lowest BCUT2D eigenvalue weighted by molar-refractivity contribution is 0.271. The Morgan fingerprint density at radius 1 is 1.39 bits per heavy atom. The molecule has 0 atom stereocenters. The Bertz CT molecular complexity index is 922. The maximum atomic E-state index is 12.5. The van der Waals surface area contributed by atoms with Crippen molar-refractivity contribution in [3.63, 3.8) is 0 Å². The molecule has 3 aromatic heterocycles. The molecule has 122 valence electrons. The number of aliphatic hydroxyl groups excluding tert-OH is 1. The number of hydrogen-bond donors (Lipinski definition) is 1. The van der Waals surface area contributed by atoms with E-state index >= 15 is 0 Å². The molecular formula is C14H15N3O5S. The van der Waals surface area contributed by atoms with Gasteiger partial charge >= 0.3 is 0 Å². The lowest BCUT2D eigenvalue weighted by Gasteiger charge is -2.04. The SMILES string of the molecule is Cc1oc(-c2ccco2)nc1CS(=O)(=O)c1ncc(CO)n1C. The van der Waals surface area contributed by atoms with Gasteiger partial charge in [-0.05, 0) is 19.1 Å². The zero-order valence-corrected chi connectivity index (χ0v) is 13.4. The summed E-state index contributed by atoms with van der Waals surface area (Å²) < 4.78 is 37.1. The van der Waals surface area contributed by atoms with Crippen molar-refractivity contribution in [1.82, 2.24) is 14.5 Å². The molecule has 0 spiro atoms. The van der Waals surface area contributed by atoms with Gasteiger partial charge < -0.3 is 18.5 Å². The van der Waals surface area contributed by atoms with Gasteiger partial charge in [0.05, 0.1) is 30.5 Å². The normalized spacial score (nSPS) is 12.0. The number of aliphatic hydroxyl groups is 1. The minimum absolute atomic E-state index is 0.122. The van der Waals surface area contributed by atoms with Crippen molar-refractivity contribution in [3.05, 3.63) is 41.7 Å². The maximum Gasteiger partial charge on any atom is 0.263 e. The van der Waals surface area contributed by atoms with Crippen molar-refractivity contribution < 1.29 is 22.4 Å². The van der Waals surface area contributed by atoms with Crippen molar-refractivity contribution in [2.45, 2.75) is 24.4 Å². The first-order valence-electron chi connectivity index (χ1n) is 6.77. The predicted octanol–water partition coefficient (Wildman–Crippen LogP) is 1.44. The van der Waals surface area contributed by atoms with Gasteiger partial charge in [0.25, 0.3) is 5.89 Å². The van der Waals surface area contributed by atoms with Crippen molar-refractivity contribution >= 4 is 9.84 Å². The van der Waals surface area contributed by atoms with Crippen LogP contribution in [0.4, 0.5) is 0 Å². The molecule has 9 heteroatoms. The van der Waals surface area contributed by atoms with Crippen molar-refractivity contribution in [1.29, 1.82) is 0 Å². The number of hydrogen-bond acceptors (Lipinski definition) is 7. The molecule has 3 aromatic rings. The molecule has 0 amide bonds. The van der Waals surface area contributed by atoms with E-state index in [4.69, 9.17) is 13.9 Å². The van der Waals surface area contributed by atoms with E-state index in [2.05, 4.69) is 9.97 Å². The second kappa shape index (κ2) is 5.67. The molecule has 0 unspecified atom stereocenters. The molecule has 0 aromatic carbocycles. The lowest BCUT2D eigenvalue weighted by Crippen LogP contribution is -2.13. The number of aromatic nitrogens is 3. The highest BCUT2D eigenvalue weighted by Crippen LogP contribution is 2.24. The monoisotopic (exact) mass is 337 g/mol. The van der Waals surface area contributed by atoms with E-state index in [9.17, 15) is 8.42 Å². The second-order valence-corrected chi connectivity index (χ2v) is 6.89. The molecule has 0 fully saturated rings. The van der Waals surface area contributed by atoms with Crippen LogP contribution in [0.5, 0.6) is 0 Å². The molecule has 23 heavy (non-hydrogen) atoms. The summed E-state index contributed by atoms with van der Waals surface area (Å²) in [4.78, 5) is 8.07. The highest BCUT2D eigenvalue weighted by atomic mass is 32.2. The maximum absolute atomic E-state index is 12.5. The molecule has 8 nitrogen and oxygen atoms in total. The van der Waals surface area contributed by atoms with E-state index in [0.29, 0.717) is 22.9 Å². The lowest BCUT2D eigenvalue weighted by atomic mass is 10.4.